The zero-order valence-corrected chi connectivity index (χ0v) is 15.5. The summed E-state index contributed by atoms with van der Waals surface area (Å²) in [5, 5.41) is 10.3. The SMILES string of the molecule is CC(=N)C(C)(C)C.CC(C)=C(N)Nc1cc2c(cn1)CCCC2. The molecule has 0 unspecified atom stereocenters. The van der Waals surface area contributed by atoms with E-state index in [2.05, 4.69) is 16.4 Å². The monoisotopic (exact) mass is 316 g/mol. The number of hydrogen-bond donors (Lipinski definition) is 3. The highest BCUT2D eigenvalue weighted by atomic mass is 15.1. The standard InChI is InChI=1S/C13H19N3.C6H13N/c1-9(2)13(14)16-12-7-10-5-3-4-6-11(10)8-15-12;1-5(7)6(2,3)4/h7-8H,3-6,14H2,1-2H3,(H,15,16);7H,1-4H3. The number of aryl methyl sites for hydroxylation is 2. The van der Waals surface area contributed by atoms with Gasteiger partial charge in [0.25, 0.3) is 0 Å². The molecule has 1 aliphatic carbocycles. The summed E-state index contributed by atoms with van der Waals surface area (Å²) in [5.41, 5.74) is 10.6. The van der Waals surface area contributed by atoms with Gasteiger partial charge in [0.1, 0.15) is 11.6 Å². The fourth-order valence-corrected chi connectivity index (χ4v) is 1.95. The van der Waals surface area contributed by atoms with Crippen LogP contribution in [0.25, 0.3) is 0 Å². The third kappa shape index (κ3) is 6.43. The first-order valence-corrected chi connectivity index (χ1v) is 8.34. The Hall–Kier alpha value is -1.84. The largest absolute Gasteiger partial charge is 0.385 e. The summed E-state index contributed by atoms with van der Waals surface area (Å²) in [4.78, 5) is 4.39. The lowest BCUT2D eigenvalue weighted by Gasteiger charge is -2.16. The maximum Gasteiger partial charge on any atom is 0.131 e. The maximum absolute atomic E-state index is 7.15. The molecule has 1 heterocycles. The van der Waals surface area contributed by atoms with Crippen molar-refractivity contribution in [1.29, 1.82) is 5.41 Å². The van der Waals surface area contributed by atoms with Crippen molar-refractivity contribution in [2.75, 3.05) is 5.32 Å². The molecule has 4 nitrogen and oxygen atoms in total. The molecule has 2 rings (SSSR count). The molecule has 0 aliphatic heterocycles. The number of rotatable bonds is 2. The van der Waals surface area contributed by atoms with Crippen molar-refractivity contribution < 1.29 is 0 Å². The minimum Gasteiger partial charge on any atom is -0.385 e. The van der Waals surface area contributed by atoms with Crippen molar-refractivity contribution in [3.8, 4) is 0 Å². The van der Waals surface area contributed by atoms with E-state index >= 15 is 0 Å². The van der Waals surface area contributed by atoms with Crippen LogP contribution in [0.5, 0.6) is 0 Å². The first-order chi connectivity index (χ1) is 10.6. The first-order valence-electron chi connectivity index (χ1n) is 8.34. The number of fused-ring (bicyclic) bond motifs is 1. The summed E-state index contributed by atoms with van der Waals surface area (Å²) >= 11 is 0. The van der Waals surface area contributed by atoms with Crippen LogP contribution in [0.3, 0.4) is 0 Å². The van der Waals surface area contributed by atoms with Crippen molar-refractivity contribution in [1.82, 2.24) is 4.98 Å². The van der Waals surface area contributed by atoms with Gasteiger partial charge in [-0.2, -0.15) is 0 Å². The van der Waals surface area contributed by atoms with Gasteiger partial charge in [-0.1, -0.05) is 20.8 Å². The Morgan fingerprint density at radius 2 is 1.65 bits per heavy atom. The van der Waals surface area contributed by atoms with E-state index in [9.17, 15) is 0 Å². The Balaban J connectivity index is 0.000000322. The van der Waals surface area contributed by atoms with Crippen LogP contribution in [0, 0.1) is 10.8 Å². The zero-order valence-electron chi connectivity index (χ0n) is 15.5. The van der Waals surface area contributed by atoms with E-state index in [0.717, 1.165) is 17.1 Å². The summed E-state index contributed by atoms with van der Waals surface area (Å²) in [6.45, 7) is 11.9. The highest BCUT2D eigenvalue weighted by molar-refractivity contribution is 5.83. The molecule has 4 heteroatoms. The van der Waals surface area contributed by atoms with Crippen LogP contribution in [0.2, 0.25) is 0 Å². The number of pyridine rings is 1. The van der Waals surface area contributed by atoms with Crippen LogP contribution >= 0.6 is 0 Å². The normalized spacial score (nSPS) is 13.3. The molecule has 0 radical (unpaired) electrons. The van der Waals surface area contributed by atoms with Gasteiger partial charge in [-0.15, -0.1) is 0 Å². The number of nitrogens with two attached hydrogens (primary N) is 1. The molecule has 0 saturated carbocycles. The molecule has 1 aromatic heterocycles. The van der Waals surface area contributed by atoms with Gasteiger partial charge in [-0.3, -0.25) is 0 Å². The molecule has 1 aliphatic rings. The third-order valence-corrected chi connectivity index (χ3v) is 4.15. The summed E-state index contributed by atoms with van der Waals surface area (Å²) in [6.07, 6.45) is 6.89. The number of hydrogen-bond acceptors (Lipinski definition) is 4. The van der Waals surface area contributed by atoms with Crippen LogP contribution in [-0.2, 0) is 12.8 Å². The average molecular weight is 316 g/mol. The minimum absolute atomic E-state index is 0.0833. The second-order valence-corrected chi connectivity index (χ2v) is 7.46. The first kappa shape index (κ1) is 19.2. The van der Waals surface area contributed by atoms with E-state index in [0.29, 0.717) is 5.82 Å². The van der Waals surface area contributed by atoms with Gasteiger partial charge < -0.3 is 16.5 Å². The average Bonchev–Trinajstić information content (AvgIpc) is 2.46. The lowest BCUT2D eigenvalue weighted by atomic mass is 9.91. The molecule has 0 spiro atoms. The number of nitrogens with zero attached hydrogens (tertiary/aromatic N) is 1. The lowest BCUT2D eigenvalue weighted by Crippen LogP contribution is -2.14. The fraction of sp³-hybridized carbons (Fsp3) is 0.579. The molecule has 0 atom stereocenters. The summed E-state index contributed by atoms with van der Waals surface area (Å²) in [6, 6.07) is 2.13. The van der Waals surface area contributed by atoms with Crippen LogP contribution < -0.4 is 11.1 Å². The van der Waals surface area contributed by atoms with E-state index in [1.807, 2.05) is 47.7 Å². The van der Waals surface area contributed by atoms with E-state index in [1.165, 1.54) is 36.8 Å². The lowest BCUT2D eigenvalue weighted by molar-refractivity contribution is 0.584. The number of aromatic nitrogens is 1. The van der Waals surface area contributed by atoms with Crippen LogP contribution in [0.15, 0.2) is 23.7 Å². The molecule has 0 aromatic carbocycles. The number of allylic oxidation sites excluding steroid dienone is 1. The Morgan fingerprint density at radius 1 is 1.13 bits per heavy atom. The molecule has 0 amide bonds. The van der Waals surface area contributed by atoms with E-state index in [-0.39, 0.29) is 5.41 Å². The Labute approximate surface area is 141 Å². The number of anilines is 1. The maximum atomic E-state index is 7.15. The van der Waals surface area contributed by atoms with E-state index in [1.54, 1.807) is 0 Å². The predicted octanol–water partition coefficient (Wildman–Crippen LogP) is 4.65. The third-order valence-electron chi connectivity index (χ3n) is 4.15. The molecule has 1 aromatic rings. The second-order valence-electron chi connectivity index (χ2n) is 7.46. The highest BCUT2D eigenvalue weighted by Gasteiger charge is 2.11. The quantitative estimate of drug-likeness (QED) is 0.695. The van der Waals surface area contributed by atoms with Gasteiger partial charge >= 0.3 is 0 Å². The van der Waals surface area contributed by atoms with Crippen LogP contribution in [0.4, 0.5) is 5.82 Å². The zero-order chi connectivity index (χ0) is 17.6. The molecular formula is C19H32N4. The van der Waals surface area contributed by atoms with Gasteiger partial charge in [-0.05, 0) is 74.6 Å². The molecule has 0 saturated heterocycles. The van der Waals surface area contributed by atoms with Crippen molar-refractivity contribution >= 4 is 11.5 Å². The number of nitrogens with one attached hydrogen (secondary N) is 2. The fourth-order valence-electron chi connectivity index (χ4n) is 1.95. The summed E-state index contributed by atoms with van der Waals surface area (Å²) in [5.74, 6) is 1.56. The Kier molecular flexibility index (Phi) is 6.79. The Bertz CT molecular complexity index is 576. The van der Waals surface area contributed by atoms with Crippen LogP contribution in [-0.4, -0.2) is 10.7 Å². The van der Waals surface area contributed by atoms with Gasteiger partial charge in [0.2, 0.25) is 0 Å². The van der Waals surface area contributed by atoms with Crippen molar-refractivity contribution in [3.63, 3.8) is 0 Å². The van der Waals surface area contributed by atoms with Crippen molar-refractivity contribution in [3.05, 3.63) is 34.8 Å². The van der Waals surface area contributed by atoms with E-state index in [4.69, 9.17) is 11.1 Å². The smallest absolute Gasteiger partial charge is 0.131 e. The van der Waals surface area contributed by atoms with Gasteiger partial charge in [0.05, 0.1) is 0 Å². The van der Waals surface area contributed by atoms with Crippen molar-refractivity contribution in [2.45, 2.75) is 67.2 Å². The van der Waals surface area contributed by atoms with Gasteiger partial charge in [-0.25, -0.2) is 4.98 Å². The summed E-state index contributed by atoms with van der Waals surface area (Å²) in [7, 11) is 0. The second kappa shape index (κ2) is 8.14. The Morgan fingerprint density at radius 3 is 2.13 bits per heavy atom. The van der Waals surface area contributed by atoms with Crippen molar-refractivity contribution in [2.24, 2.45) is 11.1 Å². The molecule has 128 valence electrons. The molecule has 23 heavy (non-hydrogen) atoms. The van der Waals surface area contributed by atoms with Gasteiger partial charge in [0.15, 0.2) is 0 Å². The topological polar surface area (TPSA) is 74.8 Å². The van der Waals surface area contributed by atoms with E-state index < -0.39 is 0 Å². The predicted molar refractivity (Wildman–Crippen MR) is 99.9 cm³/mol. The minimum atomic E-state index is 0.0833. The summed E-state index contributed by atoms with van der Waals surface area (Å²) < 4.78 is 0. The molecule has 4 N–H and O–H groups in total. The highest BCUT2D eigenvalue weighted by Crippen LogP contribution is 2.22. The molecule has 0 fully saturated rings. The molecule has 0 bridgehead atoms. The molecular weight excluding hydrogens is 284 g/mol. The van der Waals surface area contributed by atoms with Crippen LogP contribution in [0.1, 0.15) is 65.5 Å². The van der Waals surface area contributed by atoms with Gasteiger partial charge in [0, 0.05) is 11.9 Å².